The van der Waals surface area contributed by atoms with E-state index >= 15 is 0 Å². The summed E-state index contributed by atoms with van der Waals surface area (Å²) < 4.78 is 5.63. The van der Waals surface area contributed by atoms with Crippen LogP contribution in [0.1, 0.15) is 44.9 Å². The zero-order valence-corrected chi connectivity index (χ0v) is 14.3. The average Bonchev–Trinajstić information content (AvgIpc) is 2.53. The van der Waals surface area contributed by atoms with Crippen LogP contribution in [-0.4, -0.2) is 12.5 Å². The number of nitrogens with one attached hydrogen (secondary N) is 1. The average molecular weight is 311 g/mol. The Balaban J connectivity index is 1.90. The van der Waals surface area contributed by atoms with Crippen molar-refractivity contribution >= 4 is 5.91 Å². The fourth-order valence-electron chi connectivity index (χ4n) is 2.31. The molecule has 23 heavy (non-hydrogen) atoms. The highest BCUT2D eigenvalue weighted by Gasteiger charge is 2.14. The van der Waals surface area contributed by atoms with Crippen molar-refractivity contribution in [2.45, 2.75) is 39.2 Å². The Bertz CT molecular complexity index is 644. The van der Waals surface area contributed by atoms with Crippen LogP contribution in [-0.2, 0) is 10.2 Å². The molecule has 2 aromatic carbocycles. The fraction of sp³-hybridized carbons (Fsp3) is 0.350. The molecule has 0 fully saturated rings. The van der Waals surface area contributed by atoms with Crippen LogP contribution in [0.5, 0.6) is 5.75 Å². The van der Waals surface area contributed by atoms with Gasteiger partial charge in [-0.2, -0.15) is 0 Å². The zero-order chi connectivity index (χ0) is 16.9. The van der Waals surface area contributed by atoms with Crippen LogP contribution >= 0.6 is 0 Å². The summed E-state index contributed by atoms with van der Waals surface area (Å²) in [6, 6.07) is 17.8. The molecule has 0 aliphatic carbocycles. The van der Waals surface area contributed by atoms with Crippen molar-refractivity contribution in [2.75, 3.05) is 6.61 Å². The molecule has 3 heteroatoms. The van der Waals surface area contributed by atoms with E-state index in [1.54, 1.807) is 0 Å². The molecule has 0 aliphatic rings. The molecule has 1 N–H and O–H groups in total. The molecule has 1 unspecified atom stereocenters. The van der Waals surface area contributed by atoms with E-state index in [2.05, 4.69) is 32.2 Å². The van der Waals surface area contributed by atoms with E-state index in [1.165, 1.54) is 5.56 Å². The van der Waals surface area contributed by atoms with Gasteiger partial charge in [-0.3, -0.25) is 4.79 Å². The smallest absolute Gasteiger partial charge is 0.258 e. The van der Waals surface area contributed by atoms with Gasteiger partial charge < -0.3 is 10.1 Å². The van der Waals surface area contributed by atoms with Crippen molar-refractivity contribution in [1.82, 2.24) is 5.32 Å². The molecule has 0 aliphatic heterocycles. The Hall–Kier alpha value is -2.29. The lowest BCUT2D eigenvalue weighted by Crippen LogP contribution is -2.31. The van der Waals surface area contributed by atoms with Crippen molar-refractivity contribution in [3.05, 3.63) is 65.7 Å². The van der Waals surface area contributed by atoms with Crippen LogP contribution < -0.4 is 10.1 Å². The minimum absolute atomic E-state index is 0.0186. The van der Waals surface area contributed by atoms with E-state index in [9.17, 15) is 4.79 Å². The molecule has 2 aromatic rings. The van der Waals surface area contributed by atoms with Gasteiger partial charge in [-0.1, -0.05) is 63.2 Å². The zero-order valence-electron chi connectivity index (χ0n) is 14.3. The third kappa shape index (κ3) is 5.13. The molecule has 3 nitrogen and oxygen atoms in total. The Morgan fingerprint density at radius 3 is 2.43 bits per heavy atom. The monoisotopic (exact) mass is 311 g/mol. The second-order valence-electron chi connectivity index (χ2n) is 6.77. The fourth-order valence-corrected chi connectivity index (χ4v) is 2.31. The Labute approximate surface area is 138 Å². The van der Waals surface area contributed by atoms with E-state index in [1.807, 2.05) is 55.5 Å². The molecule has 1 atom stereocenters. The summed E-state index contributed by atoms with van der Waals surface area (Å²) >= 11 is 0. The molecular weight excluding hydrogens is 286 g/mol. The molecule has 122 valence electrons. The van der Waals surface area contributed by atoms with Gasteiger partial charge in [0.05, 0.1) is 6.04 Å². The third-order valence-corrected chi connectivity index (χ3v) is 3.75. The number of hydrogen-bond acceptors (Lipinski definition) is 2. The predicted octanol–water partition coefficient (Wildman–Crippen LogP) is 4.24. The second-order valence-corrected chi connectivity index (χ2v) is 6.77. The first kappa shape index (κ1) is 17.1. The Kier molecular flexibility index (Phi) is 5.43. The first-order chi connectivity index (χ1) is 10.9. The van der Waals surface area contributed by atoms with E-state index in [4.69, 9.17) is 4.74 Å². The van der Waals surface area contributed by atoms with Crippen molar-refractivity contribution in [3.8, 4) is 5.75 Å². The van der Waals surface area contributed by atoms with Gasteiger partial charge in [0, 0.05) is 0 Å². The van der Waals surface area contributed by atoms with Crippen molar-refractivity contribution in [2.24, 2.45) is 0 Å². The van der Waals surface area contributed by atoms with Crippen molar-refractivity contribution in [1.29, 1.82) is 0 Å². The Morgan fingerprint density at radius 1 is 1.09 bits per heavy atom. The molecule has 2 rings (SSSR count). The molecule has 0 spiro atoms. The van der Waals surface area contributed by atoms with Gasteiger partial charge in [0.15, 0.2) is 6.61 Å². The maximum atomic E-state index is 12.0. The van der Waals surface area contributed by atoms with Gasteiger partial charge in [0.25, 0.3) is 5.91 Å². The van der Waals surface area contributed by atoms with Crippen LogP contribution in [0.3, 0.4) is 0 Å². The van der Waals surface area contributed by atoms with Crippen LogP contribution in [0.15, 0.2) is 54.6 Å². The number of carbonyl (C=O) groups is 1. The van der Waals surface area contributed by atoms with E-state index in [-0.39, 0.29) is 24.0 Å². The third-order valence-electron chi connectivity index (χ3n) is 3.75. The van der Waals surface area contributed by atoms with Crippen molar-refractivity contribution in [3.63, 3.8) is 0 Å². The molecule has 0 heterocycles. The maximum absolute atomic E-state index is 12.0. The minimum Gasteiger partial charge on any atom is -0.484 e. The number of hydrogen-bond donors (Lipinski definition) is 1. The largest absolute Gasteiger partial charge is 0.484 e. The Morgan fingerprint density at radius 2 is 1.78 bits per heavy atom. The second kappa shape index (κ2) is 7.32. The quantitative estimate of drug-likeness (QED) is 0.897. The summed E-state index contributed by atoms with van der Waals surface area (Å²) in [4.78, 5) is 12.0. The highest BCUT2D eigenvalue weighted by atomic mass is 16.5. The lowest BCUT2D eigenvalue weighted by atomic mass is 9.87. The number of rotatable bonds is 5. The summed E-state index contributed by atoms with van der Waals surface area (Å²) in [5, 5.41) is 2.95. The SMILES string of the molecule is CC(NC(=O)COc1cccc(C(C)(C)C)c1)c1ccccc1. The first-order valence-electron chi connectivity index (χ1n) is 7.94. The maximum Gasteiger partial charge on any atom is 0.258 e. The van der Waals surface area contributed by atoms with Gasteiger partial charge in [-0.15, -0.1) is 0 Å². The van der Waals surface area contributed by atoms with Gasteiger partial charge in [0.2, 0.25) is 0 Å². The highest BCUT2D eigenvalue weighted by molar-refractivity contribution is 5.78. The molecule has 1 amide bonds. The highest BCUT2D eigenvalue weighted by Crippen LogP contribution is 2.25. The minimum atomic E-state index is -0.123. The molecule has 0 radical (unpaired) electrons. The van der Waals surface area contributed by atoms with Gasteiger partial charge in [-0.05, 0) is 35.6 Å². The van der Waals surface area contributed by atoms with Crippen LogP contribution in [0.25, 0.3) is 0 Å². The van der Waals surface area contributed by atoms with E-state index < -0.39 is 0 Å². The van der Waals surface area contributed by atoms with Crippen molar-refractivity contribution < 1.29 is 9.53 Å². The van der Waals surface area contributed by atoms with E-state index in [0.717, 1.165) is 11.3 Å². The van der Waals surface area contributed by atoms with Gasteiger partial charge in [0.1, 0.15) is 5.75 Å². The lowest BCUT2D eigenvalue weighted by molar-refractivity contribution is -0.123. The molecule has 0 saturated carbocycles. The van der Waals surface area contributed by atoms with Crippen LogP contribution in [0.4, 0.5) is 0 Å². The normalized spacial score (nSPS) is 12.5. The van der Waals surface area contributed by atoms with Gasteiger partial charge >= 0.3 is 0 Å². The van der Waals surface area contributed by atoms with Crippen LogP contribution in [0, 0.1) is 0 Å². The summed E-state index contributed by atoms with van der Waals surface area (Å²) in [5.74, 6) is 0.599. The number of benzene rings is 2. The van der Waals surface area contributed by atoms with Gasteiger partial charge in [-0.25, -0.2) is 0 Å². The summed E-state index contributed by atoms with van der Waals surface area (Å²) in [6.45, 7) is 8.44. The summed E-state index contributed by atoms with van der Waals surface area (Å²) in [5.41, 5.74) is 2.33. The lowest BCUT2D eigenvalue weighted by Gasteiger charge is -2.20. The number of carbonyl (C=O) groups excluding carboxylic acids is 1. The number of amides is 1. The number of ether oxygens (including phenoxy) is 1. The first-order valence-corrected chi connectivity index (χ1v) is 7.94. The van der Waals surface area contributed by atoms with Crippen LogP contribution in [0.2, 0.25) is 0 Å². The summed E-state index contributed by atoms with van der Waals surface area (Å²) in [6.07, 6.45) is 0. The molecular formula is C20H25NO2. The molecule has 0 saturated heterocycles. The molecule has 0 aromatic heterocycles. The topological polar surface area (TPSA) is 38.3 Å². The molecule has 0 bridgehead atoms. The van der Waals surface area contributed by atoms with E-state index in [0.29, 0.717) is 0 Å². The predicted molar refractivity (Wildman–Crippen MR) is 93.6 cm³/mol. The summed E-state index contributed by atoms with van der Waals surface area (Å²) in [7, 11) is 0. The standard InChI is InChI=1S/C20H25NO2/c1-15(16-9-6-5-7-10-16)21-19(22)14-23-18-12-8-11-17(13-18)20(2,3)4/h5-13,15H,14H2,1-4H3,(H,21,22).